The van der Waals surface area contributed by atoms with Crippen LogP contribution in [-0.4, -0.2) is 31.8 Å². The molecule has 4 nitrogen and oxygen atoms in total. The van der Waals surface area contributed by atoms with Gasteiger partial charge in [0.25, 0.3) is 10.1 Å². The van der Waals surface area contributed by atoms with Gasteiger partial charge < -0.3 is 5.73 Å². The Bertz CT molecular complexity index is 363. The van der Waals surface area contributed by atoms with Crippen molar-refractivity contribution in [2.24, 2.45) is 0 Å². The third kappa shape index (κ3) is 2.87. The molecule has 0 saturated carbocycles. The summed E-state index contributed by atoms with van der Waals surface area (Å²) in [7, 11) is -4.11. The van der Waals surface area contributed by atoms with Crippen LogP contribution in [0.2, 0.25) is 0 Å². The molecule has 0 aliphatic carbocycles. The maximum atomic E-state index is 10.5. The Morgan fingerprint density at radius 3 is 2.25 bits per heavy atom. The Morgan fingerprint density at radius 1 is 1.33 bits per heavy atom. The summed E-state index contributed by atoms with van der Waals surface area (Å²) in [6.07, 6.45) is 0. The molecule has 62 valence electrons. The molecule has 0 amide bonds. The van der Waals surface area contributed by atoms with Gasteiger partial charge in [-0.15, -0.1) is 0 Å². The first-order valence-corrected chi connectivity index (χ1v) is 4.27. The number of nitrogen functional groups attached to an aromatic ring is 1. The SMILES string of the molecule is Nc1cccc(S(=O)(=O)O)c1.[LiH]. The summed E-state index contributed by atoms with van der Waals surface area (Å²) in [5.74, 6) is 0. The Labute approximate surface area is 82.7 Å². The fraction of sp³-hybridized carbons (Fsp3) is 0. The predicted octanol–water partition coefficient (Wildman–Crippen LogP) is -0.133. The van der Waals surface area contributed by atoms with Gasteiger partial charge in [0.1, 0.15) is 0 Å². The van der Waals surface area contributed by atoms with Crippen molar-refractivity contribution in [2.75, 3.05) is 5.73 Å². The third-order valence-corrected chi connectivity index (χ3v) is 2.01. The number of benzene rings is 1. The number of rotatable bonds is 1. The fourth-order valence-electron chi connectivity index (χ4n) is 0.675. The first-order chi connectivity index (χ1) is 5.00. The summed E-state index contributed by atoms with van der Waals surface area (Å²) >= 11 is 0. The standard InChI is InChI=1S/C6H7NO3S.Li.H/c7-5-2-1-3-6(4-5)11(8,9)10;;/h1-4H,7H2,(H,8,9,10);;. The van der Waals surface area contributed by atoms with E-state index in [1.165, 1.54) is 24.3 Å². The average Bonchev–Trinajstić information content (AvgIpc) is 1.86. The average molecular weight is 181 g/mol. The van der Waals surface area contributed by atoms with Crippen molar-refractivity contribution in [3.8, 4) is 0 Å². The molecule has 0 aliphatic rings. The molecule has 12 heavy (non-hydrogen) atoms. The summed E-state index contributed by atoms with van der Waals surface area (Å²) in [5, 5.41) is 0. The van der Waals surface area contributed by atoms with E-state index in [1.807, 2.05) is 0 Å². The van der Waals surface area contributed by atoms with Crippen LogP contribution < -0.4 is 5.73 Å². The normalized spacial score (nSPS) is 10.4. The minimum absolute atomic E-state index is 0. The molecular formula is C6H8LiNO3S. The summed E-state index contributed by atoms with van der Waals surface area (Å²) in [5.41, 5.74) is 5.59. The molecule has 0 atom stereocenters. The van der Waals surface area contributed by atoms with Gasteiger partial charge in [-0.05, 0) is 18.2 Å². The Morgan fingerprint density at radius 2 is 1.92 bits per heavy atom. The van der Waals surface area contributed by atoms with Gasteiger partial charge in [0.15, 0.2) is 0 Å². The van der Waals surface area contributed by atoms with Crippen LogP contribution in [0.3, 0.4) is 0 Å². The molecule has 6 heteroatoms. The second kappa shape index (κ2) is 3.96. The van der Waals surface area contributed by atoms with Gasteiger partial charge in [-0.25, -0.2) is 0 Å². The van der Waals surface area contributed by atoms with E-state index < -0.39 is 10.1 Å². The molecule has 1 aromatic rings. The van der Waals surface area contributed by atoms with Crippen LogP contribution in [0.4, 0.5) is 5.69 Å². The second-order valence-corrected chi connectivity index (χ2v) is 3.47. The molecule has 1 aromatic carbocycles. The fourth-order valence-corrected chi connectivity index (χ4v) is 1.21. The van der Waals surface area contributed by atoms with Gasteiger partial charge in [-0.3, -0.25) is 4.55 Å². The van der Waals surface area contributed by atoms with Gasteiger partial charge in [0.05, 0.1) is 4.90 Å². The van der Waals surface area contributed by atoms with E-state index in [0.29, 0.717) is 5.69 Å². The predicted molar refractivity (Wildman–Crippen MR) is 47.8 cm³/mol. The van der Waals surface area contributed by atoms with E-state index in [0.717, 1.165) is 0 Å². The summed E-state index contributed by atoms with van der Waals surface area (Å²) in [6.45, 7) is 0. The molecule has 0 aromatic heterocycles. The quantitative estimate of drug-likeness (QED) is 0.359. The summed E-state index contributed by atoms with van der Waals surface area (Å²) in [6, 6.07) is 5.45. The van der Waals surface area contributed by atoms with Crippen molar-refractivity contribution in [3.63, 3.8) is 0 Å². The molecule has 0 unspecified atom stereocenters. The number of hydrogen-bond acceptors (Lipinski definition) is 3. The van der Waals surface area contributed by atoms with Gasteiger partial charge >= 0.3 is 18.9 Å². The van der Waals surface area contributed by atoms with Crippen molar-refractivity contribution in [2.45, 2.75) is 4.90 Å². The van der Waals surface area contributed by atoms with E-state index in [1.54, 1.807) is 0 Å². The number of nitrogens with two attached hydrogens (primary N) is 1. The molecule has 0 heterocycles. The summed E-state index contributed by atoms with van der Waals surface area (Å²) < 4.78 is 29.5. The summed E-state index contributed by atoms with van der Waals surface area (Å²) in [4.78, 5) is -0.183. The molecule has 0 fully saturated rings. The zero-order chi connectivity index (χ0) is 8.48. The molecule has 0 aliphatic heterocycles. The molecule has 0 saturated heterocycles. The van der Waals surface area contributed by atoms with Crippen LogP contribution in [0, 0.1) is 0 Å². The molecule has 0 spiro atoms. The van der Waals surface area contributed by atoms with E-state index in [9.17, 15) is 8.42 Å². The van der Waals surface area contributed by atoms with Crippen molar-refractivity contribution in [1.29, 1.82) is 0 Å². The zero-order valence-corrected chi connectivity index (χ0v) is 6.38. The van der Waals surface area contributed by atoms with Crippen molar-refractivity contribution in [1.82, 2.24) is 0 Å². The Hall–Kier alpha value is -0.473. The van der Waals surface area contributed by atoms with E-state index >= 15 is 0 Å². The van der Waals surface area contributed by atoms with Crippen molar-refractivity contribution < 1.29 is 13.0 Å². The van der Waals surface area contributed by atoms with Crippen LogP contribution in [0.1, 0.15) is 0 Å². The van der Waals surface area contributed by atoms with Crippen LogP contribution in [0.15, 0.2) is 29.2 Å². The van der Waals surface area contributed by atoms with E-state index in [-0.39, 0.29) is 23.8 Å². The molecular weight excluding hydrogens is 173 g/mol. The molecule has 1 rings (SSSR count). The van der Waals surface area contributed by atoms with Crippen molar-refractivity contribution >= 4 is 34.7 Å². The van der Waals surface area contributed by atoms with Crippen LogP contribution in [-0.2, 0) is 10.1 Å². The first-order valence-electron chi connectivity index (χ1n) is 2.83. The van der Waals surface area contributed by atoms with Gasteiger partial charge in [0.2, 0.25) is 0 Å². The number of anilines is 1. The van der Waals surface area contributed by atoms with Crippen molar-refractivity contribution in [3.05, 3.63) is 24.3 Å². The second-order valence-electron chi connectivity index (χ2n) is 2.05. The molecule has 0 radical (unpaired) electrons. The Kier molecular flexibility index (Phi) is 3.81. The topological polar surface area (TPSA) is 80.4 Å². The van der Waals surface area contributed by atoms with Crippen LogP contribution in [0.25, 0.3) is 0 Å². The monoisotopic (exact) mass is 181 g/mol. The van der Waals surface area contributed by atoms with E-state index in [2.05, 4.69) is 0 Å². The van der Waals surface area contributed by atoms with Gasteiger partial charge in [0, 0.05) is 5.69 Å². The Balaban J connectivity index is 0.00000121. The zero-order valence-electron chi connectivity index (χ0n) is 5.56. The van der Waals surface area contributed by atoms with E-state index in [4.69, 9.17) is 10.3 Å². The third-order valence-electron chi connectivity index (χ3n) is 1.16. The molecule has 0 bridgehead atoms. The molecule has 3 N–H and O–H groups in total. The number of hydrogen-bond donors (Lipinski definition) is 2. The first kappa shape index (κ1) is 11.5. The van der Waals surface area contributed by atoms with Crippen LogP contribution in [0.5, 0.6) is 0 Å². The van der Waals surface area contributed by atoms with Gasteiger partial charge in [-0.1, -0.05) is 6.07 Å². The van der Waals surface area contributed by atoms with Gasteiger partial charge in [-0.2, -0.15) is 8.42 Å². The minimum atomic E-state index is -4.11. The maximum absolute atomic E-state index is 10.5. The van der Waals surface area contributed by atoms with Crippen LogP contribution >= 0.6 is 0 Å².